The topological polar surface area (TPSA) is 230 Å². The highest BCUT2D eigenvalue weighted by Crippen LogP contribution is 2.52. The Morgan fingerprint density at radius 1 is 1.10 bits per heavy atom. The summed E-state index contributed by atoms with van der Waals surface area (Å²) in [5, 5.41) is 60.7. The highest BCUT2D eigenvalue weighted by Gasteiger charge is 2.49. The first-order chi connectivity index (χ1) is 23.7. The predicted octanol–water partition coefficient (Wildman–Crippen LogP) is 2.52. The van der Waals surface area contributed by atoms with Crippen LogP contribution in [0.25, 0.3) is 0 Å². The van der Waals surface area contributed by atoms with Crippen molar-refractivity contribution in [2.45, 2.75) is 62.4 Å². The van der Waals surface area contributed by atoms with Gasteiger partial charge in [-0.3, -0.25) is 14.4 Å². The number of nitrogens with two attached hydrogens (primary N) is 1. The number of aliphatic hydroxyl groups is 3. The molecule has 1 amide bonds. The average Bonchev–Trinajstić information content (AvgIpc) is 3.08. The molecule has 0 bridgehead atoms. The van der Waals surface area contributed by atoms with Crippen molar-refractivity contribution in [2.75, 3.05) is 13.7 Å². The van der Waals surface area contributed by atoms with Gasteiger partial charge in [-0.05, 0) is 31.2 Å². The molecule has 1 aliphatic heterocycles. The fourth-order valence-electron chi connectivity index (χ4n) is 6.72. The van der Waals surface area contributed by atoms with E-state index in [1.807, 2.05) is 0 Å². The normalized spacial score (nSPS) is 26.2. The van der Waals surface area contributed by atoms with Crippen molar-refractivity contribution in [3.05, 3.63) is 85.4 Å². The molecule has 1 saturated heterocycles. The van der Waals surface area contributed by atoms with Crippen molar-refractivity contribution in [1.29, 1.82) is 0 Å². The zero-order valence-corrected chi connectivity index (χ0v) is 28.2. The SMILES string of the molecule is COc1cccc2c1C(=O)c1c(O)c3c(c(O)c1C2=O)C[C@@](O)(/C(CO)=N\NC(=O)c1ccc(Cl)c(Cl)c1)C[C@H]3O[C@H]1C[C@@H](N)[C@@H](O)[C@@H](C)O1. The number of aromatic hydroxyl groups is 2. The van der Waals surface area contributed by atoms with Crippen LogP contribution in [-0.2, 0) is 15.9 Å². The first-order valence-electron chi connectivity index (χ1n) is 15.5. The number of ether oxygens (including phenoxy) is 3. The van der Waals surface area contributed by atoms with Gasteiger partial charge in [0.1, 0.15) is 22.8 Å². The Labute approximate surface area is 295 Å². The summed E-state index contributed by atoms with van der Waals surface area (Å²) in [5.74, 6) is -3.66. The minimum absolute atomic E-state index is 0.0178. The molecule has 6 atom stereocenters. The van der Waals surface area contributed by atoms with E-state index in [2.05, 4.69) is 10.5 Å². The number of methoxy groups -OCH3 is 1. The Balaban J connectivity index is 1.46. The first-order valence-corrected chi connectivity index (χ1v) is 16.2. The van der Waals surface area contributed by atoms with E-state index in [9.17, 15) is 39.9 Å². The van der Waals surface area contributed by atoms with Gasteiger partial charge in [-0.25, -0.2) is 5.43 Å². The molecule has 0 spiro atoms. The Morgan fingerprint density at radius 2 is 1.82 bits per heavy atom. The smallest absolute Gasteiger partial charge is 0.271 e. The highest BCUT2D eigenvalue weighted by molar-refractivity contribution is 6.42. The summed E-state index contributed by atoms with van der Waals surface area (Å²) in [4.78, 5) is 40.7. The standard InChI is InChI=1S/C34H33Cl2N3O11/c1-13-28(41)19(37)9-23(49-13)50-21-11-34(47,22(12-40)38-39-33(46)14-6-7-17(35)18(36)8-14)10-16-25(21)32(45)27-26(30(16)43)29(42)15-4-3-5-20(48-2)24(15)31(27)44/h3-8,13,19,21,23,28,40-41,43,45,47H,9-12,37H2,1-2H3,(H,39,46)/b38-22-/t13-,19-,21-,23+,28+,34+/m1/s1. The number of nitrogens with one attached hydrogen (secondary N) is 1. The number of aliphatic hydroxyl groups excluding tert-OH is 2. The van der Waals surface area contributed by atoms with Crippen LogP contribution in [0.3, 0.4) is 0 Å². The number of benzene rings is 3. The summed E-state index contributed by atoms with van der Waals surface area (Å²) in [5.41, 5.74) is 4.41. The van der Waals surface area contributed by atoms with Gasteiger partial charge >= 0.3 is 0 Å². The molecular weight excluding hydrogens is 697 g/mol. The predicted molar refractivity (Wildman–Crippen MR) is 178 cm³/mol. The van der Waals surface area contributed by atoms with Crippen molar-refractivity contribution in [3.63, 3.8) is 0 Å². The summed E-state index contributed by atoms with van der Waals surface area (Å²) < 4.78 is 17.4. The summed E-state index contributed by atoms with van der Waals surface area (Å²) in [6.07, 6.45) is -5.31. The molecule has 3 aromatic rings. The number of hydrogen-bond acceptors (Lipinski definition) is 13. The van der Waals surface area contributed by atoms with Crippen LogP contribution in [0.1, 0.15) is 79.2 Å². The molecule has 2 aliphatic carbocycles. The van der Waals surface area contributed by atoms with Crippen LogP contribution in [0.5, 0.6) is 17.2 Å². The molecule has 0 radical (unpaired) electrons. The maximum absolute atomic E-state index is 13.9. The number of hydrazone groups is 1. The van der Waals surface area contributed by atoms with Crippen molar-refractivity contribution in [2.24, 2.45) is 10.8 Å². The number of phenolic OH excluding ortho intramolecular Hbond substituents is 2. The third-order valence-corrected chi connectivity index (χ3v) is 10.0. The molecule has 0 aromatic heterocycles. The number of hydrogen-bond donors (Lipinski definition) is 7. The van der Waals surface area contributed by atoms with Crippen molar-refractivity contribution >= 4 is 46.4 Å². The Kier molecular flexibility index (Phi) is 9.67. The molecule has 3 aromatic carbocycles. The maximum Gasteiger partial charge on any atom is 0.271 e. The van der Waals surface area contributed by atoms with E-state index in [1.54, 1.807) is 6.92 Å². The second-order valence-corrected chi connectivity index (χ2v) is 13.2. The minimum Gasteiger partial charge on any atom is -0.507 e. The number of amides is 1. The number of carbonyl (C=O) groups excluding carboxylic acids is 3. The van der Waals surface area contributed by atoms with E-state index >= 15 is 0 Å². The number of nitrogens with zero attached hydrogens (tertiary/aromatic N) is 1. The van der Waals surface area contributed by atoms with Crippen LogP contribution >= 0.6 is 23.2 Å². The lowest BCUT2D eigenvalue weighted by Crippen LogP contribution is -2.53. The molecule has 3 aliphatic rings. The molecule has 264 valence electrons. The third-order valence-electron chi connectivity index (χ3n) is 9.30. The second kappa shape index (κ2) is 13.5. The van der Waals surface area contributed by atoms with Crippen molar-refractivity contribution in [1.82, 2.24) is 5.43 Å². The summed E-state index contributed by atoms with van der Waals surface area (Å²) in [7, 11) is 1.32. The van der Waals surface area contributed by atoms with Crippen LogP contribution in [0.2, 0.25) is 10.0 Å². The number of carbonyl (C=O) groups is 3. The molecule has 16 heteroatoms. The lowest BCUT2D eigenvalue weighted by molar-refractivity contribution is -0.245. The lowest BCUT2D eigenvalue weighted by Gasteiger charge is -2.43. The molecule has 8 N–H and O–H groups in total. The van der Waals surface area contributed by atoms with Gasteiger partial charge in [-0.1, -0.05) is 35.3 Å². The van der Waals surface area contributed by atoms with Crippen LogP contribution in [0.15, 0.2) is 41.5 Å². The molecule has 1 heterocycles. The van der Waals surface area contributed by atoms with Gasteiger partial charge in [0, 0.05) is 47.6 Å². The Hall–Kier alpha value is -4.12. The Morgan fingerprint density at radius 3 is 2.48 bits per heavy atom. The summed E-state index contributed by atoms with van der Waals surface area (Å²) in [6.45, 7) is 0.684. The number of phenols is 2. The average molecular weight is 731 g/mol. The van der Waals surface area contributed by atoms with Crippen LogP contribution < -0.4 is 15.9 Å². The van der Waals surface area contributed by atoms with Gasteiger partial charge in [0.15, 0.2) is 12.1 Å². The van der Waals surface area contributed by atoms with Gasteiger partial charge in [0.05, 0.1) is 64.5 Å². The largest absolute Gasteiger partial charge is 0.507 e. The van der Waals surface area contributed by atoms with E-state index in [-0.39, 0.29) is 55.7 Å². The molecule has 0 saturated carbocycles. The van der Waals surface area contributed by atoms with Gasteiger partial charge in [-0.2, -0.15) is 5.10 Å². The number of fused-ring (bicyclic) bond motifs is 3. The quantitative estimate of drug-likeness (QED) is 0.0827. The molecular formula is C34H33Cl2N3O11. The zero-order chi connectivity index (χ0) is 36.2. The van der Waals surface area contributed by atoms with E-state index in [4.69, 9.17) is 43.1 Å². The van der Waals surface area contributed by atoms with Crippen molar-refractivity contribution < 1.29 is 54.1 Å². The van der Waals surface area contributed by atoms with Crippen molar-refractivity contribution in [3.8, 4) is 17.2 Å². The van der Waals surface area contributed by atoms with Gasteiger partial charge in [0.25, 0.3) is 5.91 Å². The molecule has 50 heavy (non-hydrogen) atoms. The second-order valence-electron chi connectivity index (χ2n) is 12.4. The lowest BCUT2D eigenvalue weighted by atomic mass is 9.71. The number of ketones is 2. The molecule has 6 rings (SSSR count). The van der Waals surface area contributed by atoms with E-state index in [0.29, 0.717) is 0 Å². The molecule has 1 fully saturated rings. The number of rotatable bonds is 7. The van der Waals surface area contributed by atoms with Gasteiger partial charge in [0.2, 0.25) is 5.78 Å². The summed E-state index contributed by atoms with van der Waals surface area (Å²) in [6, 6.07) is 7.66. The van der Waals surface area contributed by atoms with Gasteiger partial charge in [-0.15, -0.1) is 0 Å². The van der Waals surface area contributed by atoms with E-state index in [1.165, 1.54) is 43.5 Å². The van der Waals surface area contributed by atoms with E-state index < -0.39 is 95.8 Å². The zero-order valence-electron chi connectivity index (χ0n) is 26.6. The van der Waals surface area contributed by atoms with Crippen LogP contribution in [0.4, 0.5) is 0 Å². The van der Waals surface area contributed by atoms with E-state index in [0.717, 1.165) is 0 Å². The third kappa shape index (κ3) is 6.01. The number of halogens is 2. The fourth-order valence-corrected chi connectivity index (χ4v) is 7.02. The molecule has 14 nitrogen and oxygen atoms in total. The monoisotopic (exact) mass is 729 g/mol. The van der Waals surface area contributed by atoms with Crippen LogP contribution in [0, 0.1) is 0 Å². The first kappa shape index (κ1) is 35.7. The highest BCUT2D eigenvalue weighted by atomic mass is 35.5. The van der Waals surface area contributed by atoms with Crippen LogP contribution in [-0.4, -0.2) is 92.6 Å². The minimum atomic E-state index is -2.18. The fraction of sp³-hybridized carbons (Fsp3) is 0.353. The summed E-state index contributed by atoms with van der Waals surface area (Å²) >= 11 is 12.0. The maximum atomic E-state index is 13.9. The molecule has 0 unspecified atom stereocenters. The Bertz CT molecular complexity index is 1940. The van der Waals surface area contributed by atoms with Gasteiger partial charge < -0.3 is 45.5 Å².